The number of nitrogens with two attached hydrogens (primary N) is 1. The van der Waals surface area contributed by atoms with E-state index in [0.717, 1.165) is 49.1 Å². The zero-order valence-corrected chi connectivity index (χ0v) is 14.2. The number of nitrogen functional groups attached to an aromatic ring is 1. The first kappa shape index (κ1) is 15.8. The van der Waals surface area contributed by atoms with Crippen LogP contribution in [0, 0.1) is 11.3 Å². The Balaban J connectivity index is 1.55. The van der Waals surface area contributed by atoms with E-state index in [-0.39, 0.29) is 5.92 Å². The number of hydrogen-bond donors (Lipinski definition) is 3. The quantitative estimate of drug-likeness (QED) is 0.640. The maximum Gasteiger partial charge on any atom is 0.138 e. The average molecular weight is 333 g/mol. The Kier molecular flexibility index (Phi) is 4.24. The van der Waals surface area contributed by atoms with E-state index >= 15 is 0 Å². The summed E-state index contributed by atoms with van der Waals surface area (Å²) >= 11 is 0. The van der Waals surface area contributed by atoms with E-state index < -0.39 is 0 Å². The molecule has 25 heavy (non-hydrogen) atoms. The number of benzene rings is 1. The van der Waals surface area contributed by atoms with Crippen LogP contribution in [-0.4, -0.2) is 33.7 Å². The molecule has 0 saturated carbocycles. The van der Waals surface area contributed by atoms with Crippen LogP contribution in [0.4, 0.5) is 5.69 Å². The van der Waals surface area contributed by atoms with Crippen molar-refractivity contribution < 1.29 is 0 Å². The first-order valence-electron chi connectivity index (χ1n) is 8.79. The molecule has 1 aliphatic rings. The van der Waals surface area contributed by atoms with Crippen molar-refractivity contribution in [1.29, 1.82) is 5.41 Å². The zero-order valence-electron chi connectivity index (χ0n) is 14.2. The summed E-state index contributed by atoms with van der Waals surface area (Å²) in [5.41, 5.74) is 10.4. The highest BCUT2D eigenvalue weighted by Gasteiger charge is 2.26. The third-order valence-corrected chi connectivity index (χ3v) is 5.05. The van der Waals surface area contributed by atoms with Gasteiger partial charge in [-0.1, -0.05) is 30.3 Å². The maximum absolute atomic E-state index is 8.81. The molecule has 0 radical (unpaired) electrons. The summed E-state index contributed by atoms with van der Waals surface area (Å²) in [6, 6.07) is 12.5. The minimum Gasteiger partial charge on any atom is -0.397 e. The number of fused-ring (bicyclic) bond motifs is 1. The SMILES string of the molecule is N=C(c1c(N)cnc2[nH]ccc12)C1CCCN(Cc2ccccc2)C1. The van der Waals surface area contributed by atoms with Gasteiger partial charge in [-0.3, -0.25) is 4.90 Å². The van der Waals surface area contributed by atoms with Gasteiger partial charge in [-0.25, -0.2) is 4.98 Å². The van der Waals surface area contributed by atoms with Crippen LogP contribution in [0.3, 0.4) is 0 Å². The number of H-pyrrole nitrogens is 1. The van der Waals surface area contributed by atoms with Gasteiger partial charge in [0.1, 0.15) is 5.65 Å². The largest absolute Gasteiger partial charge is 0.397 e. The second kappa shape index (κ2) is 6.69. The molecule has 1 aromatic carbocycles. The van der Waals surface area contributed by atoms with E-state index in [9.17, 15) is 0 Å². The Hall–Kier alpha value is -2.66. The molecule has 3 heterocycles. The molecule has 0 bridgehead atoms. The molecule has 0 amide bonds. The van der Waals surface area contributed by atoms with Crippen LogP contribution in [0.2, 0.25) is 0 Å². The summed E-state index contributed by atoms with van der Waals surface area (Å²) in [7, 11) is 0. The third-order valence-electron chi connectivity index (χ3n) is 5.05. The summed E-state index contributed by atoms with van der Waals surface area (Å²) in [6.07, 6.45) is 5.67. The van der Waals surface area contributed by atoms with Gasteiger partial charge in [0.25, 0.3) is 0 Å². The average Bonchev–Trinajstić information content (AvgIpc) is 3.11. The second-order valence-corrected chi connectivity index (χ2v) is 6.80. The Morgan fingerprint density at radius 1 is 1.28 bits per heavy atom. The Bertz CT molecular complexity index is 883. The Labute approximate surface area is 147 Å². The second-order valence-electron chi connectivity index (χ2n) is 6.80. The molecule has 3 aromatic rings. The van der Waals surface area contributed by atoms with Crippen molar-refractivity contribution in [2.24, 2.45) is 5.92 Å². The minimum atomic E-state index is 0.209. The molecule has 2 aromatic heterocycles. The number of likely N-dealkylation sites (tertiary alicyclic amines) is 1. The van der Waals surface area contributed by atoms with Crippen molar-refractivity contribution in [3.05, 3.63) is 59.9 Å². The number of anilines is 1. The predicted octanol–water partition coefficient (Wildman–Crippen LogP) is 3.43. The van der Waals surface area contributed by atoms with Crippen LogP contribution in [0.1, 0.15) is 24.0 Å². The number of pyridine rings is 1. The number of aromatic amines is 1. The van der Waals surface area contributed by atoms with Crippen LogP contribution in [0.5, 0.6) is 0 Å². The van der Waals surface area contributed by atoms with E-state index in [1.807, 2.05) is 18.3 Å². The molecule has 1 fully saturated rings. The molecule has 4 N–H and O–H groups in total. The van der Waals surface area contributed by atoms with E-state index in [4.69, 9.17) is 11.1 Å². The normalized spacial score (nSPS) is 18.5. The summed E-state index contributed by atoms with van der Waals surface area (Å²) in [4.78, 5) is 9.87. The van der Waals surface area contributed by atoms with E-state index in [1.54, 1.807) is 6.20 Å². The maximum atomic E-state index is 8.81. The number of nitrogens with one attached hydrogen (secondary N) is 2. The first-order valence-corrected chi connectivity index (χ1v) is 8.79. The number of piperidine rings is 1. The van der Waals surface area contributed by atoms with Crippen LogP contribution in [0.25, 0.3) is 11.0 Å². The topological polar surface area (TPSA) is 81.8 Å². The highest BCUT2D eigenvalue weighted by Crippen LogP contribution is 2.28. The molecule has 128 valence electrons. The van der Waals surface area contributed by atoms with Crippen molar-refractivity contribution in [3.63, 3.8) is 0 Å². The molecule has 1 unspecified atom stereocenters. The number of aromatic nitrogens is 2. The zero-order chi connectivity index (χ0) is 17.2. The summed E-state index contributed by atoms with van der Waals surface area (Å²) < 4.78 is 0. The molecule has 0 aliphatic carbocycles. The molecular weight excluding hydrogens is 310 g/mol. The van der Waals surface area contributed by atoms with Crippen molar-refractivity contribution in [2.75, 3.05) is 18.8 Å². The minimum absolute atomic E-state index is 0.209. The molecule has 5 heteroatoms. The van der Waals surface area contributed by atoms with Gasteiger partial charge in [-0.2, -0.15) is 0 Å². The van der Waals surface area contributed by atoms with Gasteiger partial charge in [0.2, 0.25) is 0 Å². The van der Waals surface area contributed by atoms with Crippen molar-refractivity contribution in [3.8, 4) is 0 Å². The molecule has 1 atom stereocenters. The molecule has 0 spiro atoms. The summed E-state index contributed by atoms with van der Waals surface area (Å²) in [5, 5.41) is 9.76. The van der Waals surface area contributed by atoms with Crippen LogP contribution < -0.4 is 5.73 Å². The van der Waals surface area contributed by atoms with E-state index in [1.165, 1.54) is 5.56 Å². The Morgan fingerprint density at radius 2 is 2.12 bits per heavy atom. The fourth-order valence-corrected chi connectivity index (χ4v) is 3.80. The van der Waals surface area contributed by atoms with Crippen LogP contribution in [0.15, 0.2) is 48.8 Å². The lowest BCUT2D eigenvalue weighted by molar-refractivity contribution is 0.196. The van der Waals surface area contributed by atoms with Gasteiger partial charge in [0.05, 0.1) is 11.9 Å². The fourth-order valence-electron chi connectivity index (χ4n) is 3.80. The molecule has 1 aliphatic heterocycles. The lowest BCUT2D eigenvalue weighted by Crippen LogP contribution is -2.38. The lowest BCUT2D eigenvalue weighted by Gasteiger charge is -2.33. The molecular formula is C20H23N5. The molecule has 4 rings (SSSR count). The van der Waals surface area contributed by atoms with Crippen LogP contribution in [-0.2, 0) is 6.54 Å². The molecule has 1 saturated heterocycles. The van der Waals surface area contributed by atoms with Gasteiger partial charge in [-0.15, -0.1) is 0 Å². The van der Waals surface area contributed by atoms with Crippen LogP contribution >= 0.6 is 0 Å². The van der Waals surface area contributed by atoms with Gasteiger partial charge < -0.3 is 16.1 Å². The lowest BCUT2D eigenvalue weighted by atomic mass is 9.88. The predicted molar refractivity (Wildman–Crippen MR) is 102 cm³/mol. The highest BCUT2D eigenvalue weighted by molar-refractivity contribution is 6.13. The van der Waals surface area contributed by atoms with Gasteiger partial charge in [-0.05, 0) is 31.0 Å². The standard InChI is InChI=1S/C20H23N5/c21-17-11-24-20-16(8-9-23-20)18(17)19(22)15-7-4-10-25(13-15)12-14-5-2-1-3-6-14/h1-3,5-6,8-9,11,15,22H,4,7,10,12-13,21H2,(H,23,24). The van der Waals surface area contributed by atoms with E-state index in [0.29, 0.717) is 11.4 Å². The monoisotopic (exact) mass is 333 g/mol. The Morgan fingerprint density at radius 3 is 2.96 bits per heavy atom. The summed E-state index contributed by atoms with van der Waals surface area (Å²) in [6.45, 7) is 2.93. The van der Waals surface area contributed by atoms with Crippen molar-refractivity contribution in [2.45, 2.75) is 19.4 Å². The third kappa shape index (κ3) is 3.15. The molecule has 5 nitrogen and oxygen atoms in total. The fraction of sp³-hybridized carbons (Fsp3) is 0.300. The van der Waals surface area contributed by atoms with Gasteiger partial charge in [0, 0.05) is 41.9 Å². The van der Waals surface area contributed by atoms with Gasteiger partial charge in [0.15, 0.2) is 0 Å². The first-order chi connectivity index (χ1) is 12.2. The van der Waals surface area contributed by atoms with Crippen molar-refractivity contribution >= 4 is 22.4 Å². The highest BCUT2D eigenvalue weighted by atomic mass is 15.1. The summed E-state index contributed by atoms with van der Waals surface area (Å²) in [5.74, 6) is 0.209. The number of hydrogen-bond acceptors (Lipinski definition) is 4. The number of nitrogens with zero attached hydrogens (tertiary/aromatic N) is 2. The number of rotatable bonds is 4. The smallest absolute Gasteiger partial charge is 0.138 e. The van der Waals surface area contributed by atoms with E-state index in [2.05, 4.69) is 39.1 Å². The van der Waals surface area contributed by atoms with Crippen molar-refractivity contribution in [1.82, 2.24) is 14.9 Å². The van der Waals surface area contributed by atoms with Gasteiger partial charge >= 0.3 is 0 Å².